The van der Waals surface area contributed by atoms with Crippen molar-refractivity contribution in [2.75, 3.05) is 6.54 Å². The SMILES string of the molecule is Cc1noc(C(C)C)c1C(=O)N1CCc2ccccc2C1. The lowest BCUT2D eigenvalue weighted by atomic mass is 9.98. The molecule has 1 aromatic carbocycles. The minimum atomic E-state index is 0.0342. The molecule has 2 aromatic rings. The van der Waals surface area contributed by atoms with Crippen molar-refractivity contribution in [1.29, 1.82) is 0 Å². The summed E-state index contributed by atoms with van der Waals surface area (Å²) in [6.45, 7) is 7.28. The van der Waals surface area contributed by atoms with E-state index in [1.54, 1.807) is 0 Å². The van der Waals surface area contributed by atoms with E-state index in [0.29, 0.717) is 23.6 Å². The molecule has 0 saturated carbocycles. The second-order valence-corrected chi connectivity index (χ2v) is 5.91. The summed E-state index contributed by atoms with van der Waals surface area (Å²) in [5.74, 6) is 0.880. The van der Waals surface area contributed by atoms with Crippen molar-refractivity contribution in [2.45, 2.75) is 39.7 Å². The normalized spacial score (nSPS) is 14.4. The number of hydrogen-bond acceptors (Lipinski definition) is 3. The van der Waals surface area contributed by atoms with Gasteiger partial charge < -0.3 is 9.42 Å². The molecule has 4 nitrogen and oxygen atoms in total. The fraction of sp³-hybridized carbons (Fsp3) is 0.412. The minimum Gasteiger partial charge on any atom is -0.360 e. The molecule has 1 amide bonds. The molecule has 3 rings (SSSR count). The molecule has 0 radical (unpaired) electrons. The van der Waals surface area contributed by atoms with Gasteiger partial charge in [0.15, 0.2) is 5.76 Å². The summed E-state index contributed by atoms with van der Waals surface area (Å²) in [4.78, 5) is 14.7. The van der Waals surface area contributed by atoms with Gasteiger partial charge >= 0.3 is 0 Å². The van der Waals surface area contributed by atoms with E-state index in [-0.39, 0.29) is 11.8 Å². The first-order valence-electron chi connectivity index (χ1n) is 7.40. The summed E-state index contributed by atoms with van der Waals surface area (Å²) >= 11 is 0. The summed E-state index contributed by atoms with van der Waals surface area (Å²) in [6, 6.07) is 8.31. The Kier molecular flexibility index (Phi) is 3.53. The van der Waals surface area contributed by atoms with Crippen LogP contribution in [0.15, 0.2) is 28.8 Å². The van der Waals surface area contributed by atoms with Gasteiger partial charge in [-0.05, 0) is 24.5 Å². The number of benzene rings is 1. The molecule has 2 heterocycles. The van der Waals surface area contributed by atoms with Crippen molar-refractivity contribution in [3.63, 3.8) is 0 Å². The van der Waals surface area contributed by atoms with Crippen LogP contribution in [0, 0.1) is 6.92 Å². The molecule has 0 unspecified atom stereocenters. The molecule has 0 aliphatic carbocycles. The van der Waals surface area contributed by atoms with Crippen LogP contribution >= 0.6 is 0 Å². The van der Waals surface area contributed by atoms with E-state index in [2.05, 4.69) is 23.4 Å². The molecular weight excluding hydrogens is 264 g/mol. The average Bonchev–Trinajstić information content (AvgIpc) is 2.88. The first-order valence-corrected chi connectivity index (χ1v) is 7.40. The Labute approximate surface area is 124 Å². The number of rotatable bonds is 2. The van der Waals surface area contributed by atoms with Crippen molar-refractivity contribution in [2.24, 2.45) is 0 Å². The minimum absolute atomic E-state index is 0.0342. The Morgan fingerprint density at radius 2 is 2.00 bits per heavy atom. The van der Waals surface area contributed by atoms with Crippen LogP contribution in [-0.4, -0.2) is 22.5 Å². The second kappa shape index (κ2) is 5.35. The average molecular weight is 284 g/mol. The van der Waals surface area contributed by atoms with Crippen LogP contribution in [0.25, 0.3) is 0 Å². The largest absolute Gasteiger partial charge is 0.360 e. The zero-order valence-electron chi connectivity index (χ0n) is 12.7. The van der Waals surface area contributed by atoms with Gasteiger partial charge in [-0.15, -0.1) is 0 Å². The number of amides is 1. The summed E-state index contributed by atoms with van der Waals surface area (Å²) < 4.78 is 5.34. The number of aromatic nitrogens is 1. The summed E-state index contributed by atoms with van der Waals surface area (Å²) in [5.41, 5.74) is 3.90. The zero-order valence-corrected chi connectivity index (χ0v) is 12.7. The molecule has 1 aromatic heterocycles. The maximum atomic E-state index is 12.8. The van der Waals surface area contributed by atoms with Gasteiger partial charge in [-0.25, -0.2) is 0 Å². The topological polar surface area (TPSA) is 46.3 Å². The number of nitrogens with zero attached hydrogens (tertiary/aromatic N) is 2. The predicted octanol–water partition coefficient (Wildman–Crippen LogP) is 3.30. The summed E-state index contributed by atoms with van der Waals surface area (Å²) in [6.07, 6.45) is 0.906. The Hall–Kier alpha value is -2.10. The molecule has 0 atom stereocenters. The van der Waals surface area contributed by atoms with E-state index in [0.717, 1.165) is 13.0 Å². The molecule has 1 aliphatic rings. The standard InChI is InChI=1S/C17H20N2O2/c1-11(2)16-15(12(3)18-21-16)17(20)19-9-8-13-6-4-5-7-14(13)10-19/h4-7,11H,8-10H2,1-3H3. The molecular formula is C17H20N2O2. The third-order valence-electron chi connectivity index (χ3n) is 4.05. The smallest absolute Gasteiger partial charge is 0.259 e. The van der Waals surface area contributed by atoms with Crippen LogP contribution in [0.5, 0.6) is 0 Å². The second-order valence-electron chi connectivity index (χ2n) is 5.91. The monoisotopic (exact) mass is 284 g/mol. The van der Waals surface area contributed by atoms with Gasteiger partial charge in [0.05, 0.1) is 5.69 Å². The van der Waals surface area contributed by atoms with Gasteiger partial charge in [-0.2, -0.15) is 0 Å². The fourth-order valence-electron chi connectivity index (χ4n) is 2.87. The van der Waals surface area contributed by atoms with Gasteiger partial charge in [0.2, 0.25) is 0 Å². The maximum absolute atomic E-state index is 12.8. The van der Waals surface area contributed by atoms with Crippen LogP contribution in [0.1, 0.15) is 52.7 Å². The van der Waals surface area contributed by atoms with Crippen LogP contribution in [-0.2, 0) is 13.0 Å². The third-order valence-corrected chi connectivity index (χ3v) is 4.05. The van der Waals surface area contributed by atoms with Crippen molar-refractivity contribution in [3.05, 3.63) is 52.4 Å². The highest BCUT2D eigenvalue weighted by molar-refractivity contribution is 5.96. The Morgan fingerprint density at radius 3 is 2.71 bits per heavy atom. The molecule has 4 heteroatoms. The Balaban J connectivity index is 1.89. The van der Waals surface area contributed by atoms with E-state index < -0.39 is 0 Å². The summed E-state index contributed by atoms with van der Waals surface area (Å²) in [5, 5.41) is 3.98. The number of fused-ring (bicyclic) bond motifs is 1. The van der Waals surface area contributed by atoms with E-state index in [9.17, 15) is 4.79 Å². The van der Waals surface area contributed by atoms with Gasteiger partial charge in [-0.1, -0.05) is 43.3 Å². The number of carbonyl (C=O) groups excluding carboxylic acids is 1. The maximum Gasteiger partial charge on any atom is 0.259 e. The molecule has 0 bridgehead atoms. The summed E-state index contributed by atoms with van der Waals surface area (Å²) in [7, 11) is 0. The highest BCUT2D eigenvalue weighted by Gasteiger charge is 2.28. The highest BCUT2D eigenvalue weighted by Crippen LogP contribution is 2.26. The van der Waals surface area contributed by atoms with E-state index in [1.807, 2.05) is 31.7 Å². The Morgan fingerprint density at radius 1 is 1.29 bits per heavy atom. The predicted molar refractivity (Wildman–Crippen MR) is 80.2 cm³/mol. The lowest BCUT2D eigenvalue weighted by molar-refractivity contribution is 0.0731. The van der Waals surface area contributed by atoms with Crippen LogP contribution in [0.3, 0.4) is 0 Å². The number of hydrogen-bond donors (Lipinski definition) is 0. The Bertz CT molecular complexity index is 673. The molecule has 110 valence electrons. The first-order chi connectivity index (χ1) is 10.1. The lowest BCUT2D eigenvalue weighted by Gasteiger charge is -2.29. The number of aryl methyl sites for hydroxylation is 1. The van der Waals surface area contributed by atoms with E-state index in [4.69, 9.17) is 4.52 Å². The van der Waals surface area contributed by atoms with Crippen molar-refractivity contribution < 1.29 is 9.32 Å². The molecule has 0 fully saturated rings. The van der Waals surface area contributed by atoms with Gasteiger partial charge in [0.1, 0.15) is 5.56 Å². The van der Waals surface area contributed by atoms with Gasteiger partial charge in [0, 0.05) is 19.0 Å². The molecule has 0 spiro atoms. The lowest BCUT2D eigenvalue weighted by Crippen LogP contribution is -2.36. The van der Waals surface area contributed by atoms with E-state index >= 15 is 0 Å². The van der Waals surface area contributed by atoms with Crippen molar-refractivity contribution in [1.82, 2.24) is 10.1 Å². The highest BCUT2D eigenvalue weighted by atomic mass is 16.5. The van der Waals surface area contributed by atoms with Crippen LogP contribution < -0.4 is 0 Å². The molecule has 21 heavy (non-hydrogen) atoms. The fourth-order valence-corrected chi connectivity index (χ4v) is 2.87. The molecule has 0 saturated heterocycles. The molecule has 1 aliphatic heterocycles. The quantitative estimate of drug-likeness (QED) is 0.850. The van der Waals surface area contributed by atoms with E-state index in [1.165, 1.54) is 11.1 Å². The zero-order chi connectivity index (χ0) is 15.0. The van der Waals surface area contributed by atoms with Crippen molar-refractivity contribution in [3.8, 4) is 0 Å². The van der Waals surface area contributed by atoms with Gasteiger partial charge in [0.25, 0.3) is 5.91 Å². The van der Waals surface area contributed by atoms with Crippen molar-refractivity contribution >= 4 is 5.91 Å². The van der Waals surface area contributed by atoms with Crippen LogP contribution in [0.4, 0.5) is 0 Å². The molecule has 0 N–H and O–H groups in total. The van der Waals surface area contributed by atoms with Crippen LogP contribution in [0.2, 0.25) is 0 Å². The third kappa shape index (κ3) is 2.46. The van der Waals surface area contributed by atoms with Gasteiger partial charge in [-0.3, -0.25) is 4.79 Å². The number of carbonyl (C=O) groups is 1. The first kappa shape index (κ1) is 13.9.